The van der Waals surface area contributed by atoms with Crippen LogP contribution < -0.4 is 15.4 Å². The molecular weight excluding hydrogens is 304 g/mol. The van der Waals surface area contributed by atoms with Gasteiger partial charge in [0.05, 0.1) is 12.6 Å². The molecule has 1 fully saturated rings. The smallest absolute Gasteiger partial charge is 0.272 e. The fraction of sp³-hybridized carbons (Fsp3) is 0.444. The molecule has 1 aromatic heterocycles. The van der Waals surface area contributed by atoms with Crippen LogP contribution in [0.1, 0.15) is 41.9 Å². The quantitative estimate of drug-likeness (QED) is 0.852. The molecule has 24 heavy (non-hydrogen) atoms. The van der Waals surface area contributed by atoms with Crippen molar-refractivity contribution in [1.82, 2.24) is 20.4 Å². The maximum Gasteiger partial charge on any atom is 0.272 e. The van der Waals surface area contributed by atoms with E-state index in [1.807, 2.05) is 42.1 Å². The molecule has 1 unspecified atom stereocenters. The van der Waals surface area contributed by atoms with Crippen molar-refractivity contribution in [1.29, 1.82) is 0 Å². The van der Waals surface area contributed by atoms with Gasteiger partial charge in [0.1, 0.15) is 11.4 Å². The molecule has 3 rings (SSSR count). The van der Waals surface area contributed by atoms with E-state index in [9.17, 15) is 4.79 Å². The van der Waals surface area contributed by atoms with Crippen molar-refractivity contribution in [2.75, 3.05) is 19.7 Å². The van der Waals surface area contributed by atoms with E-state index >= 15 is 0 Å². The second-order valence-corrected chi connectivity index (χ2v) is 5.90. The summed E-state index contributed by atoms with van der Waals surface area (Å²) < 4.78 is 7.48. The van der Waals surface area contributed by atoms with E-state index in [0.29, 0.717) is 24.9 Å². The zero-order valence-corrected chi connectivity index (χ0v) is 14.0. The highest BCUT2D eigenvalue weighted by atomic mass is 16.5. The number of amides is 1. The van der Waals surface area contributed by atoms with Crippen LogP contribution in [0, 0.1) is 0 Å². The van der Waals surface area contributed by atoms with E-state index in [4.69, 9.17) is 4.74 Å². The van der Waals surface area contributed by atoms with Crippen LogP contribution in [0.4, 0.5) is 0 Å². The molecule has 1 amide bonds. The van der Waals surface area contributed by atoms with Crippen molar-refractivity contribution in [3.05, 3.63) is 47.8 Å². The third-order valence-corrected chi connectivity index (χ3v) is 4.20. The minimum atomic E-state index is -0.163. The van der Waals surface area contributed by atoms with Gasteiger partial charge < -0.3 is 15.4 Å². The molecule has 128 valence electrons. The number of aromatic nitrogens is 2. The van der Waals surface area contributed by atoms with Gasteiger partial charge in [-0.05, 0) is 38.4 Å². The van der Waals surface area contributed by atoms with Crippen molar-refractivity contribution in [3.63, 3.8) is 0 Å². The molecule has 0 radical (unpaired) electrons. The van der Waals surface area contributed by atoms with Crippen molar-refractivity contribution in [2.24, 2.45) is 0 Å². The van der Waals surface area contributed by atoms with E-state index < -0.39 is 0 Å². The highest BCUT2D eigenvalue weighted by Crippen LogP contribution is 2.18. The Balaban J connectivity index is 1.60. The molecule has 0 aliphatic carbocycles. The van der Waals surface area contributed by atoms with Gasteiger partial charge in [-0.3, -0.25) is 9.48 Å². The Morgan fingerprint density at radius 2 is 2.29 bits per heavy atom. The lowest BCUT2D eigenvalue weighted by atomic mass is 10.1. The van der Waals surface area contributed by atoms with Crippen LogP contribution in [0.25, 0.3) is 0 Å². The minimum Gasteiger partial charge on any atom is -0.494 e. The zero-order valence-electron chi connectivity index (χ0n) is 14.0. The Kier molecular flexibility index (Phi) is 5.48. The summed E-state index contributed by atoms with van der Waals surface area (Å²) in [6, 6.07) is 9.84. The van der Waals surface area contributed by atoms with Crippen molar-refractivity contribution in [2.45, 2.75) is 32.4 Å². The topological polar surface area (TPSA) is 68.2 Å². The minimum absolute atomic E-state index is 0.163. The van der Waals surface area contributed by atoms with Crippen LogP contribution in [0.2, 0.25) is 0 Å². The molecule has 1 aromatic carbocycles. The molecular formula is C18H24N4O2. The summed E-state index contributed by atoms with van der Waals surface area (Å²) in [6.07, 6.45) is 4.12. The first-order chi connectivity index (χ1) is 11.8. The molecule has 2 N–H and O–H groups in total. The number of hydrogen-bond donors (Lipinski definition) is 2. The van der Waals surface area contributed by atoms with Gasteiger partial charge in [-0.25, -0.2) is 0 Å². The standard InChI is InChI=1S/C18H24N4O2/c1-2-24-17-8-4-3-6-14(17)12-20-18(23)16-9-11-22(21-16)15-7-5-10-19-13-15/h3-4,6,8-9,11,15,19H,2,5,7,10,12-13H2,1H3,(H,20,23). The number of nitrogens with zero attached hydrogens (tertiary/aromatic N) is 2. The van der Waals surface area contributed by atoms with Crippen molar-refractivity contribution < 1.29 is 9.53 Å². The number of nitrogens with one attached hydrogen (secondary N) is 2. The van der Waals surface area contributed by atoms with Crippen LogP contribution in [0.5, 0.6) is 5.75 Å². The number of carbonyl (C=O) groups excluding carboxylic acids is 1. The van der Waals surface area contributed by atoms with Crippen LogP contribution in [0.3, 0.4) is 0 Å². The molecule has 1 saturated heterocycles. The molecule has 2 heterocycles. The SMILES string of the molecule is CCOc1ccccc1CNC(=O)c1ccn(C2CCCNC2)n1. The van der Waals surface area contributed by atoms with Gasteiger partial charge in [-0.1, -0.05) is 18.2 Å². The summed E-state index contributed by atoms with van der Waals surface area (Å²) in [6.45, 7) is 4.94. The summed E-state index contributed by atoms with van der Waals surface area (Å²) in [7, 11) is 0. The number of benzene rings is 1. The monoisotopic (exact) mass is 328 g/mol. The Morgan fingerprint density at radius 3 is 3.08 bits per heavy atom. The number of carbonyl (C=O) groups is 1. The average Bonchev–Trinajstić information content (AvgIpc) is 3.12. The maximum absolute atomic E-state index is 12.3. The second kappa shape index (κ2) is 7.97. The second-order valence-electron chi connectivity index (χ2n) is 5.90. The molecule has 2 aromatic rings. The number of ether oxygens (including phenoxy) is 1. The first-order valence-electron chi connectivity index (χ1n) is 8.52. The number of para-hydroxylation sites is 1. The van der Waals surface area contributed by atoms with Crippen molar-refractivity contribution >= 4 is 5.91 Å². The summed E-state index contributed by atoms with van der Waals surface area (Å²) in [5.41, 5.74) is 1.41. The molecule has 1 aliphatic heterocycles. The average molecular weight is 328 g/mol. The van der Waals surface area contributed by atoms with E-state index in [-0.39, 0.29) is 5.91 Å². The predicted octanol–water partition coefficient (Wildman–Crippen LogP) is 2.14. The molecule has 0 bridgehead atoms. The van der Waals surface area contributed by atoms with E-state index in [1.54, 1.807) is 6.07 Å². The number of rotatable bonds is 6. The Hall–Kier alpha value is -2.34. The van der Waals surface area contributed by atoms with Gasteiger partial charge in [-0.15, -0.1) is 0 Å². The fourth-order valence-electron chi connectivity index (χ4n) is 2.93. The summed E-state index contributed by atoms with van der Waals surface area (Å²) in [5.74, 6) is 0.642. The number of piperidine rings is 1. The van der Waals surface area contributed by atoms with Gasteiger partial charge >= 0.3 is 0 Å². The molecule has 1 aliphatic rings. The maximum atomic E-state index is 12.3. The third-order valence-electron chi connectivity index (χ3n) is 4.20. The Labute approximate surface area is 142 Å². The Bertz CT molecular complexity index is 677. The fourth-order valence-corrected chi connectivity index (χ4v) is 2.93. The van der Waals surface area contributed by atoms with E-state index in [2.05, 4.69) is 15.7 Å². The zero-order chi connectivity index (χ0) is 16.8. The van der Waals surface area contributed by atoms with E-state index in [1.165, 1.54) is 0 Å². The molecule has 1 atom stereocenters. The summed E-state index contributed by atoms with van der Waals surface area (Å²) >= 11 is 0. The molecule has 6 heteroatoms. The van der Waals surface area contributed by atoms with E-state index in [0.717, 1.165) is 37.2 Å². The van der Waals surface area contributed by atoms with Gasteiger partial charge in [0.2, 0.25) is 0 Å². The van der Waals surface area contributed by atoms with Gasteiger partial charge in [0.15, 0.2) is 0 Å². The molecule has 0 spiro atoms. The first-order valence-corrected chi connectivity index (χ1v) is 8.52. The van der Waals surface area contributed by atoms with Crippen molar-refractivity contribution in [3.8, 4) is 5.75 Å². The Morgan fingerprint density at radius 1 is 1.42 bits per heavy atom. The highest BCUT2D eigenvalue weighted by Gasteiger charge is 2.17. The van der Waals surface area contributed by atoms with Gasteiger partial charge in [-0.2, -0.15) is 5.10 Å². The lowest BCUT2D eigenvalue weighted by molar-refractivity contribution is 0.0944. The van der Waals surface area contributed by atoms with Crippen LogP contribution in [0.15, 0.2) is 36.5 Å². The lowest BCUT2D eigenvalue weighted by Crippen LogP contribution is -2.32. The third kappa shape index (κ3) is 3.94. The summed E-state index contributed by atoms with van der Waals surface area (Å²) in [5, 5.41) is 10.7. The van der Waals surface area contributed by atoms with Gasteiger partial charge in [0.25, 0.3) is 5.91 Å². The van der Waals surface area contributed by atoms with Crippen LogP contribution >= 0.6 is 0 Å². The molecule has 6 nitrogen and oxygen atoms in total. The first kappa shape index (κ1) is 16.5. The van der Waals surface area contributed by atoms with Crippen LogP contribution in [-0.2, 0) is 6.54 Å². The number of hydrogen-bond acceptors (Lipinski definition) is 4. The van der Waals surface area contributed by atoms with Crippen LogP contribution in [-0.4, -0.2) is 35.4 Å². The van der Waals surface area contributed by atoms with Gasteiger partial charge in [0, 0.05) is 24.8 Å². The normalized spacial score (nSPS) is 17.5. The lowest BCUT2D eigenvalue weighted by Gasteiger charge is -2.22. The molecule has 0 saturated carbocycles. The predicted molar refractivity (Wildman–Crippen MR) is 92.1 cm³/mol. The highest BCUT2D eigenvalue weighted by molar-refractivity contribution is 5.92. The largest absolute Gasteiger partial charge is 0.494 e. The summed E-state index contributed by atoms with van der Waals surface area (Å²) in [4.78, 5) is 12.3.